The summed E-state index contributed by atoms with van der Waals surface area (Å²) in [5.74, 6) is -0.909. The fourth-order valence-corrected chi connectivity index (χ4v) is 2.50. The fourth-order valence-electron chi connectivity index (χ4n) is 2.50. The summed E-state index contributed by atoms with van der Waals surface area (Å²) in [6.07, 6.45) is -2.46. The Morgan fingerprint density at radius 1 is 1.05 bits per heavy atom. The van der Waals surface area contributed by atoms with E-state index in [1.54, 1.807) is 12.1 Å². The van der Waals surface area contributed by atoms with Crippen LogP contribution >= 0.6 is 0 Å². The van der Waals surface area contributed by atoms with E-state index in [1.807, 2.05) is 12.1 Å². The number of halogens is 3. The maximum absolute atomic E-state index is 12.5. The quantitative estimate of drug-likeness (QED) is 0.882. The lowest BCUT2D eigenvalue weighted by atomic mass is 9.85. The number of hydrogen-bond donors (Lipinski definition) is 2. The second-order valence-electron chi connectivity index (χ2n) is 5.14. The van der Waals surface area contributed by atoms with E-state index in [-0.39, 0.29) is 24.6 Å². The molecule has 0 saturated heterocycles. The molecular weight excluding hydrogens is 255 g/mol. The molecule has 0 unspecified atom stereocenters. The zero-order valence-electron chi connectivity index (χ0n) is 10.6. The molecule has 1 aromatic rings. The minimum absolute atomic E-state index is 0.160. The van der Waals surface area contributed by atoms with Crippen LogP contribution in [0.4, 0.5) is 13.2 Å². The molecule has 19 heavy (non-hydrogen) atoms. The van der Waals surface area contributed by atoms with Gasteiger partial charge in [0, 0.05) is 12.6 Å². The smallest absolute Gasteiger partial charge is 0.391 e. The van der Waals surface area contributed by atoms with Gasteiger partial charge in [0.15, 0.2) is 0 Å². The van der Waals surface area contributed by atoms with Crippen molar-refractivity contribution in [2.24, 2.45) is 5.92 Å². The summed E-state index contributed by atoms with van der Waals surface area (Å²) in [6.45, 7) is 0.627. The highest BCUT2D eigenvalue weighted by molar-refractivity contribution is 5.25. The van der Waals surface area contributed by atoms with Gasteiger partial charge in [-0.25, -0.2) is 0 Å². The zero-order valence-corrected chi connectivity index (χ0v) is 10.6. The molecule has 0 atom stereocenters. The largest absolute Gasteiger partial charge is 0.508 e. The maximum Gasteiger partial charge on any atom is 0.391 e. The monoisotopic (exact) mass is 273 g/mol. The van der Waals surface area contributed by atoms with Gasteiger partial charge in [0.25, 0.3) is 0 Å². The van der Waals surface area contributed by atoms with Crippen LogP contribution in [0.3, 0.4) is 0 Å². The van der Waals surface area contributed by atoms with Crippen molar-refractivity contribution in [3.05, 3.63) is 29.8 Å². The number of rotatable bonds is 3. The van der Waals surface area contributed by atoms with Crippen LogP contribution in [0.5, 0.6) is 5.75 Å². The van der Waals surface area contributed by atoms with Crippen LogP contribution in [0.25, 0.3) is 0 Å². The minimum atomic E-state index is -4.04. The molecule has 5 heteroatoms. The van der Waals surface area contributed by atoms with Crippen LogP contribution in [0, 0.1) is 5.92 Å². The Kier molecular flexibility index (Phi) is 4.34. The van der Waals surface area contributed by atoms with Crippen molar-refractivity contribution in [3.8, 4) is 5.75 Å². The third-order valence-corrected chi connectivity index (χ3v) is 3.72. The Bertz CT molecular complexity index is 394. The molecule has 0 aliphatic heterocycles. The molecule has 1 saturated carbocycles. The van der Waals surface area contributed by atoms with E-state index in [2.05, 4.69) is 5.32 Å². The molecule has 0 amide bonds. The van der Waals surface area contributed by atoms with Gasteiger partial charge in [-0.3, -0.25) is 0 Å². The second-order valence-corrected chi connectivity index (χ2v) is 5.14. The molecule has 0 heterocycles. The number of nitrogens with one attached hydrogen (secondary N) is 1. The van der Waals surface area contributed by atoms with Crippen molar-refractivity contribution in [3.63, 3.8) is 0 Å². The van der Waals surface area contributed by atoms with E-state index < -0.39 is 12.1 Å². The van der Waals surface area contributed by atoms with Crippen molar-refractivity contribution in [2.45, 2.75) is 44.4 Å². The van der Waals surface area contributed by atoms with Gasteiger partial charge in [0.2, 0.25) is 0 Å². The molecular formula is C14H18F3NO. The lowest BCUT2D eigenvalue weighted by Crippen LogP contribution is -2.36. The summed E-state index contributed by atoms with van der Waals surface area (Å²) < 4.78 is 37.5. The van der Waals surface area contributed by atoms with Gasteiger partial charge >= 0.3 is 6.18 Å². The zero-order chi connectivity index (χ0) is 13.9. The van der Waals surface area contributed by atoms with E-state index >= 15 is 0 Å². The van der Waals surface area contributed by atoms with Gasteiger partial charge in [-0.05, 0) is 43.4 Å². The number of phenolic OH excluding ortho intramolecular Hbond substituents is 1. The molecule has 1 aliphatic rings. The molecule has 1 aliphatic carbocycles. The molecule has 1 aromatic carbocycles. The summed E-state index contributed by atoms with van der Waals surface area (Å²) in [7, 11) is 0. The second kappa shape index (κ2) is 5.82. The Balaban J connectivity index is 1.75. The Morgan fingerprint density at radius 3 is 2.16 bits per heavy atom. The number of alkyl halides is 3. The van der Waals surface area contributed by atoms with Gasteiger partial charge in [0.05, 0.1) is 5.92 Å². The Hall–Kier alpha value is -1.23. The van der Waals surface area contributed by atoms with E-state index in [9.17, 15) is 13.2 Å². The summed E-state index contributed by atoms with van der Waals surface area (Å²) in [4.78, 5) is 0. The maximum atomic E-state index is 12.5. The molecule has 0 spiro atoms. The van der Waals surface area contributed by atoms with Crippen LogP contribution in [0.15, 0.2) is 24.3 Å². The van der Waals surface area contributed by atoms with Crippen LogP contribution in [-0.4, -0.2) is 17.3 Å². The summed E-state index contributed by atoms with van der Waals surface area (Å²) >= 11 is 0. The highest BCUT2D eigenvalue weighted by Gasteiger charge is 2.41. The van der Waals surface area contributed by atoms with Gasteiger partial charge in [-0.15, -0.1) is 0 Å². The van der Waals surface area contributed by atoms with Crippen molar-refractivity contribution < 1.29 is 18.3 Å². The minimum Gasteiger partial charge on any atom is -0.508 e. The van der Waals surface area contributed by atoms with E-state index in [0.29, 0.717) is 19.4 Å². The standard InChI is InChI=1S/C14H18F3NO/c15-14(16,17)11-3-5-12(6-4-11)18-9-10-1-7-13(19)8-2-10/h1-2,7-8,11-12,18-19H,3-6,9H2. The van der Waals surface area contributed by atoms with Gasteiger partial charge in [-0.1, -0.05) is 12.1 Å². The van der Waals surface area contributed by atoms with Crippen LogP contribution in [0.2, 0.25) is 0 Å². The predicted octanol–water partition coefficient (Wildman–Crippen LogP) is 3.60. The molecule has 1 fully saturated rings. The molecule has 106 valence electrons. The van der Waals surface area contributed by atoms with Crippen molar-refractivity contribution >= 4 is 0 Å². The van der Waals surface area contributed by atoms with Crippen molar-refractivity contribution in [1.29, 1.82) is 0 Å². The Morgan fingerprint density at radius 2 is 1.63 bits per heavy atom. The molecule has 2 rings (SSSR count). The van der Waals surface area contributed by atoms with Crippen LogP contribution in [-0.2, 0) is 6.54 Å². The average molecular weight is 273 g/mol. The summed E-state index contributed by atoms with van der Waals surface area (Å²) in [6, 6.07) is 7.00. The highest BCUT2D eigenvalue weighted by Crippen LogP contribution is 2.37. The first-order chi connectivity index (χ1) is 8.95. The van der Waals surface area contributed by atoms with Gasteiger partial charge in [-0.2, -0.15) is 13.2 Å². The van der Waals surface area contributed by atoms with E-state index in [0.717, 1.165) is 5.56 Å². The molecule has 2 nitrogen and oxygen atoms in total. The van der Waals surface area contributed by atoms with Gasteiger partial charge < -0.3 is 10.4 Å². The highest BCUT2D eigenvalue weighted by atomic mass is 19.4. The molecule has 0 radical (unpaired) electrons. The third kappa shape index (κ3) is 4.13. The van der Waals surface area contributed by atoms with Gasteiger partial charge in [0.1, 0.15) is 5.75 Å². The molecule has 2 N–H and O–H groups in total. The fraction of sp³-hybridized carbons (Fsp3) is 0.571. The number of aromatic hydroxyl groups is 1. The lowest BCUT2D eigenvalue weighted by Gasteiger charge is -2.30. The van der Waals surface area contributed by atoms with Crippen LogP contribution < -0.4 is 5.32 Å². The Labute approximate surface area is 110 Å². The lowest BCUT2D eigenvalue weighted by molar-refractivity contribution is -0.182. The molecule has 0 bridgehead atoms. The predicted molar refractivity (Wildman–Crippen MR) is 66.7 cm³/mol. The topological polar surface area (TPSA) is 32.3 Å². The summed E-state index contributed by atoms with van der Waals surface area (Å²) in [5, 5.41) is 12.4. The van der Waals surface area contributed by atoms with E-state index in [4.69, 9.17) is 5.11 Å². The SMILES string of the molecule is Oc1ccc(CNC2CCC(C(F)(F)F)CC2)cc1. The number of phenols is 1. The first-order valence-electron chi connectivity index (χ1n) is 6.53. The number of hydrogen-bond acceptors (Lipinski definition) is 2. The third-order valence-electron chi connectivity index (χ3n) is 3.72. The first kappa shape index (κ1) is 14.2. The van der Waals surface area contributed by atoms with E-state index in [1.165, 1.54) is 0 Å². The average Bonchev–Trinajstić information content (AvgIpc) is 2.37. The van der Waals surface area contributed by atoms with Crippen molar-refractivity contribution in [1.82, 2.24) is 5.32 Å². The van der Waals surface area contributed by atoms with Crippen molar-refractivity contribution in [2.75, 3.05) is 0 Å². The molecule has 0 aromatic heterocycles. The number of benzene rings is 1. The van der Waals surface area contributed by atoms with Crippen LogP contribution in [0.1, 0.15) is 31.2 Å². The summed E-state index contributed by atoms with van der Waals surface area (Å²) in [5.41, 5.74) is 1.02. The first-order valence-corrected chi connectivity index (χ1v) is 6.53. The normalized spacial score (nSPS) is 24.4.